The molecule has 0 bridgehead atoms. The van der Waals surface area contributed by atoms with Gasteiger partial charge >= 0.3 is 0 Å². The Morgan fingerprint density at radius 2 is 2.26 bits per heavy atom. The number of hydrogen-bond acceptors (Lipinski definition) is 4. The van der Waals surface area contributed by atoms with E-state index >= 15 is 0 Å². The van der Waals surface area contributed by atoms with Gasteiger partial charge in [-0.15, -0.1) is 0 Å². The summed E-state index contributed by atoms with van der Waals surface area (Å²) in [7, 11) is 0. The van der Waals surface area contributed by atoms with E-state index in [0.717, 1.165) is 22.5 Å². The van der Waals surface area contributed by atoms with Crippen molar-refractivity contribution in [3.8, 4) is 11.5 Å². The standard InChI is InChI=1S/C14H20BrNO2S/c1-3-19-5-4-10(2)16-8-11-6-12(15)14-13(7-11)17-9-18-14/h6-7,10,16H,3-5,8-9H2,1-2H3. The highest BCUT2D eigenvalue weighted by molar-refractivity contribution is 9.10. The predicted molar refractivity (Wildman–Crippen MR) is 84.2 cm³/mol. The van der Waals surface area contributed by atoms with Crippen LogP contribution in [0.5, 0.6) is 11.5 Å². The Hall–Kier alpha value is -0.390. The number of hydrogen-bond donors (Lipinski definition) is 1. The molecule has 1 atom stereocenters. The number of ether oxygens (including phenoxy) is 2. The maximum Gasteiger partial charge on any atom is 0.231 e. The summed E-state index contributed by atoms with van der Waals surface area (Å²) in [6.45, 7) is 5.60. The summed E-state index contributed by atoms with van der Waals surface area (Å²) < 4.78 is 11.8. The minimum absolute atomic E-state index is 0.315. The zero-order chi connectivity index (χ0) is 13.7. The van der Waals surface area contributed by atoms with Gasteiger partial charge in [0.25, 0.3) is 0 Å². The molecule has 1 aromatic rings. The normalized spacial score (nSPS) is 14.7. The van der Waals surface area contributed by atoms with Gasteiger partial charge in [0.2, 0.25) is 6.79 Å². The van der Waals surface area contributed by atoms with E-state index in [4.69, 9.17) is 9.47 Å². The molecular formula is C14H20BrNO2S. The van der Waals surface area contributed by atoms with Crippen molar-refractivity contribution in [2.24, 2.45) is 0 Å². The molecule has 0 amide bonds. The zero-order valence-electron chi connectivity index (χ0n) is 11.4. The van der Waals surface area contributed by atoms with Crippen LogP contribution in [0.1, 0.15) is 25.8 Å². The molecule has 0 radical (unpaired) electrons. The van der Waals surface area contributed by atoms with Crippen LogP contribution in [0, 0.1) is 0 Å². The van der Waals surface area contributed by atoms with Crippen LogP contribution in [-0.2, 0) is 6.54 Å². The third-order valence-corrected chi connectivity index (χ3v) is 4.56. The Labute approximate surface area is 127 Å². The highest BCUT2D eigenvalue weighted by Gasteiger charge is 2.17. The maximum atomic E-state index is 5.42. The first kappa shape index (κ1) is 15.0. The fourth-order valence-corrected chi connectivity index (χ4v) is 3.33. The lowest BCUT2D eigenvalue weighted by Crippen LogP contribution is -2.26. The second kappa shape index (κ2) is 7.41. The molecule has 3 nitrogen and oxygen atoms in total. The van der Waals surface area contributed by atoms with Crippen LogP contribution in [0.15, 0.2) is 16.6 Å². The van der Waals surface area contributed by atoms with E-state index in [-0.39, 0.29) is 0 Å². The minimum atomic E-state index is 0.315. The maximum absolute atomic E-state index is 5.42. The molecule has 0 saturated heterocycles. The average molecular weight is 346 g/mol. The fraction of sp³-hybridized carbons (Fsp3) is 0.571. The number of benzene rings is 1. The van der Waals surface area contributed by atoms with Crippen LogP contribution in [-0.4, -0.2) is 24.3 Å². The van der Waals surface area contributed by atoms with Gasteiger partial charge in [-0.2, -0.15) is 11.8 Å². The van der Waals surface area contributed by atoms with E-state index in [0.29, 0.717) is 12.8 Å². The van der Waals surface area contributed by atoms with Crippen molar-refractivity contribution in [3.05, 3.63) is 22.2 Å². The topological polar surface area (TPSA) is 30.5 Å². The van der Waals surface area contributed by atoms with Crippen LogP contribution in [0.3, 0.4) is 0 Å². The van der Waals surface area contributed by atoms with Gasteiger partial charge in [-0.25, -0.2) is 0 Å². The molecule has 0 aromatic heterocycles. The second-order valence-corrected chi connectivity index (χ2v) is 6.83. The number of fused-ring (bicyclic) bond motifs is 1. The van der Waals surface area contributed by atoms with Gasteiger partial charge in [-0.3, -0.25) is 0 Å². The molecule has 1 heterocycles. The van der Waals surface area contributed by atoms with Crippen LogP contribution in [0.2, 0.25) is 0 Å². The Morgan fingerprint density at radius 1 is 1.42 bits per heavy atom. The van der Waals surface area contributed by atoms with Crippen LogP contribution >= 0.6 is 27.7 Å². The number of halogens is 1. The van der Waals surface area contributed by atoms with Gasteiger partial charge in [0.1, 0.15) is 0 Å². The van der Waals surface area contributed by atoms with Crippen molar-refractivity contribution in [2.45, 2.75) is 32.9 Å². The first-order valence-electron chi connectivity index (χ1n) is 6.60. The summed E-state index contributed by atoms with van der Waals surface area (Å²) in [6.07, 6.45) is 1.20. The molecule has 1 unspecified atom stereocenters. The number of rotatable bonds is 7. The zero-order valence-corrected chi connectivity index (χ0v) is 13.8. The fourth-order valence-electron chi connectivity index (χ4n) is 1.92. The highest BCUT2D eigenvalue weighted by atomic mass is 79.9. The van der Waals surface area contributed by atoms with Gasteiger partial charge in [0, 0.05) is 12.6 Å². The largest absolute Gasteiger partial charge is 0.454 e. The summed E-state index contributed by atoms with van der Waals surface area (Å²) in [5.41, 5.74) is 1.21. The number of thioether (sulfide) groups is 1. The summed E-state index contributed by atoms with van der Waals surface area (Å²) in [5, 5.41) is 3.55. The third-order valence-electron chi connectivity index (χ3n) is 3.04. The molecule has 0 spiro atoms. The van der Waals surface area contributed by atoms with Crippen LogP contribution in [0.4, 0.5) is 0 Å². The smallest absolute Gasteiger partial charge is 0.231 e. The number of nitrogens with one attached hydrogen (secondary N) is 1. The van der Waals surface area contributed by atoms with Crippen molar-refractivity contribution in [3.63, 3.8) is 0 Å². The first-order chi connectivity index (χ1) is 9.20. The summed E-state index contributed by atoms with van der Waals surface area (Å²) in [5.74, 6) is 4.06. The van der Waals surface area contributed by atoms with E-state index in [2.05, 4.69) is 41.2 Å². The molecule has 5 heteroatoms. The predicted octanol–water partition coefficient (Wildman–Crippen LogP) is 3.80. The lowest BCUT2D eigenvalue weighted by molar-refractivity contribution is 0.173. The first-order valence-corrected chi connectivity index (χ1v) is 8.54. The van der Waals surface area contributed by atoms with Crippen molar-refractivity contribution in [1.82, 2.24) is 5.32 Å². The summed E-state index contributed by atoms with van der Waals surface area (Å²) >= 11 is 5.51. The Kier molecular flexibility index (Phi) is 5.85. The second-order valence-electron chi connectivity index (χ2n) is 4.58. The molecular weight excluding hydrogens is 326 g/mol. The average Bonchev–Trinajstić information content (AvgIpc) is 2.85. The van der Waals surface area contributed by atoms with E-state index in [1.54, 1.807) is 0 Å². The van der Waals surface area contributed by atoms with Crippen LogP contribution in [0.25, 0.3) is 0 Å². The molecule has 2 rings (SSSR count). The van der Waals surface area contributed by atoms with E-state index < -0.39 is 0 Å². The molecule has 106 valence electrons. The Morgan fingerprint density at radius 3 is 3.05 bits per heavy atom. The van der Waals surface area contributed by atoms with Crippen molar-refractivity contribution < 1.29 is 9.47 Å². The lowest BCUT2D eigenvalue weighted by Gasteiger charge is -2.14. The molecule has 0 fully saturated rings. The quantitative estimate of drug-likeness (QED) is 0.761. The summed E-state index contributed by atoms with van der Waals surface area (Å²) in [4.78, 5) is 0. The molecule has 1 aliphatic rings. The third kappa shape index (κ3) is 4.29. The van der Waals surface area contributed by atoms with Gasteiger partial charge < -0.3 is 14.8 Å². The monoisotopic (exact) mass is 345 g/mol. The minimum Gasteiger partial charge on any atom is -0.454 e. The van der Waals surface area contributed by atoms with Crippen LogP contribution < -0.4 is 14.8 Å². The van der Waals surface area contributed by atoms with Crippen molar-refractivity contribution in [1.29, 1.82) is 0 Å². The highest BCUT2D eigenvalue weighted by Crippen LogP contribution is 2.39. The SMILES string of the molecule is CCSCCC(C)NCc1cc(Br)c2c(c1)OCO2. The Balaban J connectivity index is 1.84. The van der Waals surface area contributed by atoms with Gasteiger partial charge in [0.15, 0.2) is 11.5 Å². The Bertz CT molecular complexity index is 428. The van der Waals surface area contributed by atoms with Gasteiger partial charge in [0.05, 0.1) is 4.47 Å². The van der Waals surface area contributed by atoms with Crippen molar-refractivity contribution >= 4 is 27.7 Å². The molecule has 0 saturated carbocycles. The van der Waals surface area contributed by atoms with Gasteiger partial charge in [-0.1, -0.05) is 6.92 Å². The summed E-state index contributed by atoms with van der Waals surface area (Å²) in [6, 6.07) is 4.67. The van der Waals surface area contributed by atoms with Crippen molar-refractivity contribution in [2.75, 3.05) is 18.3 Å². The van der Waals surface area contributed by atoms with E-state index in [1.165, 1.54) is 23.5 Å². The molecule has 19 heavy (non-hydrogen) atoms. The lowest BCUT2D eigenvalue weighted by atomic mass is 10.2. The molecule has 1 aliphatic heterocycles. The molecule has 1 N–H and O–H groups in total. The molecule has 0 aliphatic carbocycles. The van der Waals surface area contributed by atoms with E-state index in [1.807, 2.05) is 17.8 Å². The molecule has 1 aromatic carbocycles. The van der Waals surface area contributed by atoms with E-state index in [9.17, 15) is 0 Å². The van der Waals surface area contributed by atoms with Gasteiger partial charge in [-0.05, 0) is 58.5 Å².